The van der Waals surface area contributed by atoms with Crippen molar-refractivity contribution in [2.75, 3.05) is 0 Å². The molecule has 1 aliphatic heterocycles. The first kappa shape index (κ1) is 11.7. The summed E-state index contributed by atoms with van der Waals surface area (Å²) in [5, 5.41) is 2.47. The molecular formula is C18H11BrO. The zero-order chi connectivity index (χ0) is 13.5. The van der Waals surface area contributed by atoms with Crippen LogP contribution in [0.4, 0.5) is 0 Å². The van der Waals surface area contributed by atoms with Crippen LogP contribution in [0.25, 0.3) is 33.4 Å². The van der Waals surface area contributed by atoms with Crippen LogP contribution < -0.4 is 0 Å². The lowest BCUT2D eigenvalue weighted by Gasteiger charge is -2.05. The van der Waals surface area contributed by atoms with Gasteiger partial charge in [0.05, 0.1) is 0 Å². The van der Waals surface area contributed by atoms with E-state index in [0.29, 0.717) is 0 Å². The van der Waals surface area contributed by atoms with E-state index in [1.165, 1.54) is 16.3 Å². The summed E-state index contributed by atoms with van der Waals surface area (Å²) in [6, 6.07) is 22.8. The predicted molar refractivity (Wildman–Crippen MR) is 86.0 cm³/mol. The molecule has 0 saturated carbocycles. The van der Waals surface area contributed by atoms with Gasteiger partial charge in [0, 0.05) is 15.6 Å². The van der Waals surface area contributed by atoms with Crippen LogP contribution in [0.15, 0.2) is 75.6 Å². The second kappa shape index (κ2) is 4.50. The van der Waals surface area contributed by atoms with E-state index in [-0.39, 0.29) is 0 Å². The monoisotopic (exact) mass is 322 g/mol. The first-order chi connectivity index (χ1) is 9.81. The largest absolute Gasteiger partial charge is 0.456 e. The minimum absolute atomic E-state index is 0.889. The summed E-state index contributed by atoms with van der Waals surface area (Å²) >= 11 is 3.45. The molecular weight excluding hydrogens is 312 g/mol. The zero-order valence-corrected chi connectivity index (χ0v) is 12.2. The summed E-state index contributed by atoms with van der Waals surface area (Å²) < 4.78 is 7.13. The van der Waals surface area contributed by atoms with Crippen LogP contribution in [0.2, 0.25) is 0 Å². The Morgan fingerprint density at radius 1 is 0.750 bits per heavy atom. The van der Waals surface area contributed by atoms with Gasteiger partial charge in [-0.3, -0.25) is 0 Å². The first-order valence-corrected chi connectivity index (χ1v) is 7.28. The first-order valence-electron chi connectivity index (χ1n) is 6.48. The molecule has 0 spiro atoms. The quantitative estimate of drug-likeness (QED) is 0.421. The molecule has 0 fully saturated rings. The number of fused-ring (bicyclic) bond motifs is 3. The Kier molecular flexibility index (Phi) is 2.64. The number of hydrogen-bond acceptors (Lipinski definition) is 1. The van der Waals surface area contributed by atoms with Crippen molar-refractivity contribution in [3.8, 4) is 22.6 Å². The molecule has 1 aliphatic carbocycles. The summed E-state index contributed by atoms with van der Waals surface area (Å²) in [4.78, 5) is 0. The molecule has 0 radical (unpaired) electrons. The third kappa shape index (κ3) is 1.84. The van der Waals surface area contributed by atoms with Crippen LogP contribution in [0.1, 0.15) is 0 Å². The normalized spacial score (nSPS) is 11.2. The van der Waals surface area contributed by atoms with E-state index in [1.807, 2.05) is 18.2 Å². The molecule has 1 heterocycles. The standard InChI is InChI=1S/C18H11BrO/c19-14-7-5-12(6-8-14)17-10-9-16-15-4-2-1-3-13(15)11-18(16)20-17/h1-11H. The van der Waals surface area contributed by atoms with Gasteiger partial charge in [-0.25, -0.2) is 0 Å². The molecule has 20 heavy (non-hydrogen) atoms. The molecule has 0 amide bonds. The summed E-state index contributed by atoms with van der Waals surface area (Å²) in [5.74, 6) is 1.83. The summed E-state index contributed by atoms with van der Waals surface area (Å²) in [6.07, 6.45) is 0. The minimum atomic E-state index is 0.889. The molecule has 0 unspecified atom stereocenters. The number of halogens is 1. The van der Waals surface area contributed by atoms with Crippen LogP contribution >= 0.6 is 15.9 Å². The van der Waals surface area contributed by atoms with Gasteiger partial charge in [-0.1, -0.05) is 52.3 Å². The molecule has 2 heteroatoms. The Morgan fingerprint density at radius 2 is 1.55 bits per heavy atom. The average molecular weight is 323 g/mol. The molecule has 2 aliphatic rings. The molecule has 4 rings (SSSR count). The Hall–Kier alpha value is -2.06. The van der Waals surface area contributed by atoms with E-state index < -0.39 is 0 Å². The molecule has 2 aromatic rings. The molecule has 1 nitrogen and oxygen atoms in total. The van der Waals surface area contributed by atoms with Crippen molar-refractivity contribution in [3.63, 3.8) is 0 Å². The van der Waals surface area contributed by atoms with Gasteiger partial charge in [-0.15, -0.1) is 0 Å². The summed E-state index contributed by atoms with van der Waals surface area (Å²) in [6.45, 7) is 0. The van der Waals surface area contributed by atoms with Crippen LogP contribution in [-0.2, 0) is 0 Å². The molecule has 2 aromatic carbocycles. The molecule has 0 bridgehead atoms. The number of rotatable bonds is 1. The van der Waals surface area contributed by atoms with E-state index in [0.717, 1.165) is 21.6 Å². The third-order valence-corrected chi connectivity index (χ3v) is 4.08. The SMILES string of the molecule is Brc1ccc(-c2ccc3c4ccccc4cc-3o2)cc1. The highest BCUT2D eigenvalue weighted by molar-refractivity contribution is 9.10. The van der Waals surface area contributed by atoms with Crippen LogP contribution in [0, 0.1) is 0 Å². The van der Waals surface area contributed by atoms with Gasteiger partial charge in [0.25, 0.3) is 0 Å². The molecule has 96 valence electrons. The highest BCUT2D eigenvalue weighted by Crippen LogP contribution is 2.36. The van der Waals surface area contributed by atoms with E-state index in [4.69, 9.17) is 4.42 Å². The zero-order valence-electron chi connectivity index (χ0n) is 10.6. The lowest BCUT2D eigenvalue weighted by atomic mass is 10.1. The minimum Gasteiger partial charge on any atom is -0.456 e. The molecule has 0 N–H and O–H groups in total. The van der Waals surface area contributed by atoms with Crippen LogP contribution in [-0.4, -0.2) is 0 Å². The van der Waals surface area contributed by atoms with Gasteiger partial charge in [-0.2, -0.15) is 0 Å². The maximum Gasteiger partial charge on any atom is 0.135 e. The Balaban J connectivity index is 1.92. The van der Waals surface area contributed by atoms with Gasteiger partial charge in [0.1, 0.15) is 11.5 Å². The highest BCUT2D eigenvalue weighted by Gasteiger charge is 2.13. The van der Waals surface area contributed by atoms with E-state index in [9.17, 15) is 0 Å². The molecule has 0 aromatic heterocycles. The summed E-state index contributed by atoms with van der Waals surface area (Å²) in [7, 11) is 0. The molecule has 0 saturated heterocycles. The smallest absolute Gasteiger partial charge is 0.135 e. The second-order valence-corrected chi connectivity index (χ2v) is 5.73. The lowest BCUT2D eigenvalue weighted by molar-refractivity contribution is 0.583. The van der Waals surface area contributed by atoms with E-state index in [2.05, 4.69) is 64.5 Å². The van der Waals surface area contributed by atoms with Gasteiger partial charge in [0.2, 0.25) is 0 Å². The fraction of sp³-hybridized carbons (Fsp3) is 0. The number of hydrogen-bond donors (Lipinski definition) is 0. The predicted octanol–water partition coefficient (Wildman–Crippen LogP) is 5.97. The fourth-order valence-electron chi connectivity index (χ4n) is 2.56. The van der Waals surface area contributed by atoms with E-state index in [1.54, 1.807) is 0 Å². The van der Waals surface area contributed by atoms with Crippen molar-refractivity contribution < 1.29 is 4.42 Å². The van der Waals surface area contributed by atoms with Crippen molar-refractivity contribution in [2.24, 2.45) is 0 Å². The average Bonchev–Trinajstić information content (AvgIpc) is 2.85. The van der Waals surface area contributed by atoms with Crippen molar-refractivity contribution in [3.05, 3.63) is 71.2 Å². The van der Waals surface area contributed by atoms with Crippen molar-refractivity contribution >= 4 is 26.7 Å². The van der Waals surface area contributed by atoms with Crippen LogP contribution in [0.3, 0.4) is 0 Å². The second-order valence-electron chi connectivity index (χ2n) is 4.82. The Bertz CT molecular complexity index is 858. The third-order valence-electron chi connectivity index (χ3n) is 3.55. The topological polar surface area (TPSA) is 13.1 Å². The van der Waals surface area contributed by atoms with Gasteiger partial charge >= 0.3 is 0 Å². The maximum absolute atomic E-state index is 6.06. The van der Waals surface area contributed by atoms with Gasteiger partial charge in [0.15, 0.2) is 0 Å². The highest BCUT2D eigenvalue weighted by atomic mass is 79.9. The maximum atomic E-state index is 6.06. The van der Waals surface area contributed by atoms with Crippen molar-refractivity contribution in [2.45, 2.75) is 0 Å². The van der Waals surface area contributed by atoms with E-state index >= 15 is 0 Å². The van der Waals surface area contributed by atoms with Crippen LogP contribution in [0.5, 0.6) is 0 Å². The lowest BCUT2D eigenvalue weighted by Crippen LogP contribution is -1.80. The molecule has 0 atom stereocenters. The van der Waals surface area contributed by atoms with Gasteiger partial charge in [-0.05, 0) is 41.1 Å². The van der Waals surface area contributed by atoms with Crippen molar-refractivity contribution in [1.29, 1.82) is 0 Å². The Labute approximate surface area is 125 Å². The summed E-state index contributed by atoms with van der Waals surface area (Å²) in [5.41, 5.74) is 2.25. The van der Waals surface area contributed by atoms with Crippen molar-refractivity contribution in [1.82, 2.24) is 0 Å². The fourth-order valence-corrected chi connectivity index (χ4v) is 2.82. The number of benzene rings is 2. The Morgan fingerprint density at radius 3 is 2.40 bits per heavy atom. The van der Waals surface area contributed by atoms with Gasteiger partial charge < -0.3 is 4.42 Å².